The Morgan fingerprint density at radius 1 is 1.09 bits per heavy atom. The summed E-state index contributed by atoms with van der Waals surface area (Å²) in [4.78, 5) is 0. The van der Waals surface area contributed by atoms with E-state index < -0.39 is 10.0 Å². The predicted octanol–water partition coefficient (Wildman–Crippen LogP) is 3.68. The first-order valence-electron chi connectivity index (χ1n) is 7.61. The normalized spacial score (nSPS) is 11.5. The molecule has 5 heteroatoms. The van der Waals surface area contributed by atoms with Crippen molar-refractivity contribution < 1.29 is 13.2 Å². The highest BCUT2D eigenvalue weighted by molar-refractivity contribution is 7.92. The lowest BCUT2D eigenvalue weighted by Crippen LogP contribution is -2.20. The molecule has 0 unspecified atom stereocenters. The molecule has 0 heterocycles. The highest BCUT2D eigenvalue weighted by Crippen LogP contribution is 2.26. The lowest BCUT2D eigenvalue weighted by Gasteiger charge is -2.13. The minimum atomic E-state index is -3.33. The number of benzene rings is 2. The molecule has 4 nitrogen and oxygen atoms in total. The molecule has 0 atom stereocenters. The summed E-state index contributed by atoms with van der Waals surface area (Å²) in [6.45, 7) is 3.77. The summed E-state index contributed by atoms with van der Waals surface area (Å²) in [6, 6.07) is 15.4. The van der Waals surface area contributed by atoms with Crippen molar-refractivity contribution in [3.05, 3.63) is 59.7 Å². The van der Waals surface area contributed by atoms with Crippen molar-refractivity contribution >= 4 is 15.7 Å². The molecule has 0 bridgehead atoms. The maximum absolute atomic E-state index is 12.1. The predicted molar refractivity (Wildman–Crippen MR) is 94.5 cm³/mol. The van der Waals surface area contributed by atoms with Gasteiger partial charge in [0.05, 0.1) is 12.9 Å². The van der Waals surface area contributed by atoms with E-state index >= 15 is 0 Å². The van der Waals surface area contributed by atoms with Gasteiger partial charge in [0.1, 0.15) is 5.75 Å². The van der Waals surface area contributed by atoms with Crippen LogP contribution in [0.25, 0.3) is 0 Å². The van der Waals surface area contributed by atoms with Gasteiger partial charge in [0, 0.05) is 17.7 Å². The Morgan fingerprint density at radius 3 is 2.39 bits per heavy atom. The number of methoxy groups -OCH3 is 1. The topological polar surface area (TPSA) is 55.4 Å². The monoisotopic (exact) mass is 333 g/mol. The van der Waals surface area contributed by atoms with Crippen LogP contribution in [-0.2, 0) is 16.4 Å². The molecule has 0 saturated heterocycles. The molecule has 2 aromatic rings. The molecule has 0 aliphatic heterocycles. The fraction of sp³-hybridized carbons (Fsp3) is 0.333. The average Bonchev–Trinajstić information content (AvgIpc) is 2.46. The zero-order chi connectivity index (χ0) is 16.9. The van der Waals surface area contributed by atoms with Crippen molar-refractivity contribution in [2.75, 3.05) is 17.6 Å². The van der Waals surface area contributed by atoms with Gasteiger partial charge in [0.15, 0.2) is 0 Å². The Bertz CT molecular complexity index is 740. The van der Waals surface area contributed by atoms with Gasteiger partial charge < -0.3 is 4.74 Å². The zero-order valence-electron chi connectivity index (χ0n) is 13.7. The molecule has 23 heavy (non-hydrogen) atoms. The van der Waals surface area contributed by atoms with Crippen molar-refractivity contribution in [3.63, 3.8) is 0 Å². The van der Waals surface area contributed by atoms with Gasteiger partial charge in [-0.25, -0.2) is 8.42 Å². The van der Waals surface area contributed by atoms with Crippen LogP contribution in [0, 0.1) is 5.92 Å². The summed E-state index contributed by atoms with van der Waals surface area (Å²) >= 11 is 0. The Balaban J connectivity index is 2.25. The summed E-state index contributed by atoms with van der Waals surface area (Å²) in [7, 11) is -1.72. The van der Waals surface area contributed by atoms with E-state index in [9.17, 15) is 8.42 Å². The molecule has 0 radical (unpaired) electrons. The fourth-order valence-corrected chi connectivity index (χ4v) is 3.90. The van der Waals surface area contributed by atoms with E-state index in [-0.39, 0.29) is 11.7 Å². The van der Waals surface area contributed by atoms with Gasteiger partial charge >= 0.3 is 0 Å². The second kappa shape index (κ2) is 7.51. The fourth-order valence-electron chi connectivity index (χ4n) is 2.46. The van der Waals surface area contributed by atoms with Gasteiger partial charge in [-0.2, -0.15) is 0 Å². The van der Waals surface area contributed by atoms with E-state index in [0.717, 1.165) is 16.9 Å². The van der Waals surface area contributed by atoms with E-state index in [0.29, 0.717) is 12.1 Å². The lowest BCUT2D eigenvalue weighted by atomic mass is 10.0. The van der Waals surface area contributed by atoms with Gasteiger partial charge in [-0.1, -0.05) is 44.2 Å². The molecule has 0 aromatic heterocycles. The Labute approximate surface area is 138 Å². The van der Waals surface area contributed by atoms with Crippen LogP contribution in [0.5, 0.6) is 5.75 Å². The lowest BCUT2D eigenvalue weighted by molar-refractivity contribution is 0.410. The standard InChI is InChI=1S/C18H23NO3S/c1-14(2)13-23(20,21)19-17-9-10-18(22-3)16(12-17)11-15-7-5-4-6-8-15/h4-10,12,14,19H,11,13H2,1-3H3. The molecule has 2 rings (SSSR count). The van der Waals surface area contributed by atoms with Crippen molar-refractivity contribution in [2.24, 2.45) is 5.92 Å². The van der Waals surface area contributed by atoms with Crippen LogP contribution in [0.2, 0.25) is 0 Å². The number of sulfonamides is 1. The second-order valence-corrected chi connectivity index (χ2v) is 7.73. The van der Waals surface area contributed by atoms with Crippen LogP contribution in [0.1, 0.15) is 25.0 Å². The van der Waals surface area contributed by atoms with Crippen LogP contribution in [0.4, 0.5) is 5.69 Å². The third kappa shape index (κ3) is 5.28. The molecule has 0 fully saturated rings. The van der Waals surface area contributed by atoms with Crippen LogP contribution in [0.3, 0.4) is 0 Å². The molecule has 2 aromatic carbocycles. The number of anilines is 1. The zero-order valence-corrected chi connectivity index (χ0v) is 14.6. The maximum Gasteiger partial charge on any atom is 0.232 e. The third-order valence-corrected chi connectivity index (χ3v) is 5.00. The first kappa shape index (κ1) is 17.3. The summed E-state index contributed by atoms with van der Waals surface area (Å²) in [5, 5.41) is 0. The van der Waals surface area contributed by atoms with E-state index in [1.807, 2.05) is 50.2 Å². The van der Waals surface area contributed by atoms with E-state index in [1.54, 1.807) is 19.2 Å². The van der Waals surface area contributed by atoms with Gasteiger partial charge in [-0.15, -0.1) is 0 Å². The molecule has 0 spiro atoms. The van der Waals surface area contributed by atoms with Crippen molar-refractivity contribution in [3.8, 4) is 5.75 Å². The molecule has 0 aliphatic carbocycles. The van der Waals surface area contributed by atoms with Crippen LogP contribution < -0.4 is 9.46 Å². The number of hydrogen-bond acceptors (Lipinski definition) is 3. The summed E-state index contributed by atoms with van der Waals surface area (Å²) in [5.74, 6) is 0.933. The summed E-state index contributed by atoms with van der Waals surface area (Å²) < 4.78 is 32.2. The van der Waals surface area contributed by atoms with Crippen LogP contribution in [0.15, 0.2) is 48.5 Å². The molecule has 1 N–H and O–H groups in total. The Hall–Kier alpha value is -2.01. The summed E-state index contributed by atoms with van der Waals surface area (Å²) in [6.07, 6.45) is 0.684. The highest BCUT2D eigenvalue weighted by atomic mass is 32.2. The quantitative estimate of drug-likeness (QED) is 0.841. The van der Waals surface area contributed by atoms with E-state index in [4.69, 9.17) is 4.74 Å². The minimum absolute atomic E-state index is 0.0783. The minimum Gasteiger partial charge on any atom is -0.496 e. The molecule has 0 amide bonds. The maximum atomic E-state index is 12.1. The number of ether oxygens (including phenoxy) is 1. The third-order valence-electron chi connectivity index (χ3n) is 3.34. The van der Waals surface area contributed by atoms with Gasteiger partial charge in [-0.05, 0) is 29.7 Å². The van der Waals surface area contributed by atoms with Gasteiger partial charge in [-0.3, -0.25) is 4.72 Å². The molecular weight excluding hydrogens is 310 g/mol. The first-order chi connectivity index (χ1) is 10.9. The van der Waals surface area contributed by atoms with Crippen LogP contribution in [-0.4, -0.2) is 21.3 Å². The van der Waals surface area contributed by atoms with Gasteiger partial charge in [0.25, 0.3) is 0 Å². The Kier molecular flexibility index (Phi) is 5.66. The van der Waals surface area contributed by atoms with Gasteiger partial charge in [0.2, 0.25) is 10.0 Å². The van der Waals surface area contributed by atoms with Crippen molar-refractivity contribution in [1.82, 2.24) is 0 Å². The first-order valence-corrected chi connectivity index (χ1v) is 9.26. The molecule has 124 valence electrons. The average molecular weight is 333 g/mol. The molecule has 0 aliphatic rings. The largest absolute Gasteiger partial charge is 0.496 e. The Morgan fingerprint density at radius 2 is 1.78 bits per heavy atom. The van der Waals surface area contributed by atoms with Crippen LogP contribution >= 0.6 is 0 Å². The highest BCUT2D eigenvalue weighted by Gasteiger charge is 2.14. The van der Waals surface area contributed by atoms with E-state index in [2.05, 4.69) is 4.72 Å². The number of nitrogens with one attached hydrogen (secondary N) is 1. The smallest absolute Gasteiger partial charge is 0.232 e. The van der Waals surface area contributed by atoms with Crippen molar-refractivity contribution in [2.45, 2.75) is 20.3 Å². The summed E-state index contributed by atoms with van der Waals surface area (Å²) in [5.41, 5.74) is 2.66. The molecular formula is C18H23NO3S. The number of rotatable bonds is 7. The number of hydrogen-bond donors (Lipinski definition) is 1. The second-order valence-electron chi connectivity index (χ2n) is 5.97. The van der Waals surface area contributed by atoms with E-state index in [1.165, 1.54) is 0 Å². The van der Waals surface area contributed by atoms with Crippen molar-refractivity contribution in [1.29, 1.82) is 0 Å². The molecule has 0 saturated carbocycles. The SMILES string of the molecule is COc1ccc(NS(=O)(=O)CC(C)C)cc1Cc1ccccc1.